The summed E-state index contributed by atoms with van der Waals surface area (Å²) in [5.41, 5.74) is 1.38. The number of carbonyl (C=O) groups excluding carboxylic acids is 2. The highest BCUT2D eigenvalue weighted by Crippen LogP contribution is 2.17. The number of rotatable bonds is 5. The van der Waals surface area contributed by atoms with E-state index in [2.05, 4.69) is 15.0 Å². The van der Waals surface area contributed by atoms with Crippen molar-refractivity contribution in [1.29, 1.82) is 0 Å². The molecule has 0 bridgehead atoms. The number of ether oxygens (including phenoxy) is 1. The van der Waals surface area contributed by atoms with Crippen LogP contribution in [0, 0.1) is 0 Å². The Morgan fingerprint density at radius 2 is 2.25 bits per heavy atom. The highest BCUT2D eigenvalue weighted by atomic mass is 16.5. The molecule has 20 heavy (non-hydrogen) atoms. The van der Waals surface area contributed by atoms with Gasteiger partial charge < -0.3 is 19.6 Å². The fraction of sp³-hybridized carbons (Fsp3) is 0.308. The normalized spacial score (nSPS) is 10.5. The topological polar surface area (TPSA) is 102 Å². The number of fused-ring (bicyclic) bond motifs is 1. The van der Waals surface area contributed by atoms with E-state index in [0.29, 0.717) is 16.7 Å². The van der Waals surface area contributed by atoms with Crippen molar-refractivity contribution in [1.82, 2.24) is 10.3 Å². The van der Waals surface area contributed by atoms with Gasteiger partial charge in [0.05, 0.1) is 13.7 Å². The molecule has 1 aromatic heterocycles. The molecule has 1 amide bonds. The molecule has 0 saturated heterocycles. The number of aromatic nitrogens is 1. The van der Waals surface area contributed by atoms with Gasteiger partial charge in [-0.15, -0.1) is 0 Å². The second-order valence-corrected chi connectivity index (χ2v) is 4.02. The first-order valence-electron chi connectivity index (χ1n) is 5.99. The number of esters is 1. The average Bonchev–Trinajstić information content (AvgIpc) is 2.85. The predicted octanol–water partition coefficient (Wildman–Crippen LogP) is 0.265. The minimum Gasteiger partial charge on any atom is -0.469 e. The van der Waals surface area contributed by atoms with Gasteiger partial charge >= 0.3 is 5.97 Å². The third kappa shape index (κ3) is 3.12. The van der Waals surface area contributed by atoms with Crippen LogP contribution in [0.1, 0.15) is 16.2 Å². The number of amides is 1. The number of hydrogen-bond acceptors (Lipinski definition) is 6. The molecule has 1 heterocycles. The van der Waals surface area contributed by atoms with E-state index in [0.717, 1.165) is 0 Å². The molecule has 0 aliphatic carbocycles. The van der Waals surface area contributed by atoms with Crippen molar-refractivity contribution in [3.8, 4) is 0 Å². The summed E-state index contributed by atoms with van der Waals surface area (Å²) in [6.45, 7) is 0.0600. The second-order valence-electron chi connectivity index (χ2n) is 4.02. The van der Waals surface area contributed by atoms with E-state index in [1.807, 2.05) is 0 Å². The van der Waals surface area contributed by atoms with Crippen molar-refractivity contribution >= 4 is 23.0 Å². The summed E-state index contributed by atoms with van der Waals surface area (Å²) < 4.78 is 9.90. The van der Waals surface area contributed by atoms with Gasteiger partial charge in [-0.25, -0.2) is 4.98 Å². The first-order valence-corrected chi connectivity index (χ1v) is 5.99. The molecule has 0 aliphatic rings. The summed E-state index contributed by atoms with van der Waals surface area (Å²) in [5, 5.41) is 11.2. The van der Waals surface area contributed by atoms with E-state index in [1.165, 1.54) is 7.11 Å². The third-order valence-electron chi connectivity index (χ3n) is 2.61. The molecule has 0 aliphatic heterocycles. The minimum absolute atomic E-state index is 0.0583. The summed E-state index contributed by atoms with van der Waals surface area (Å²) in [6, 6.07) is 4.76. The Morgan fingerprint density at radius 3 is 2.95 bits per heavy atom. The van der Waals surface area contributed by atoms with Crippen LogP contribution in [0.4, 0.5) is 0 Å². The van der Waals surface area contributed by atoms with Crippen LogP contribution in [0.3, 0.4) is 0 Å². The van der Waals surface area contributed by atoms with Gasteiger partial charge in [-0.3, -0.25) is 9.59 Å². The van der Waals surface area contributed by atoms with Crippen LogP contribution in [-0.4, -0.2) is 42.2 Å². The zero-order valence-corrected chi connectivity index (χ0v) is 10.9. The van der Waals surface area contributed by atoms with E-state index in [9.17, 15) is 9.59 Å². The lowest BCUT2D eigenvalue weighted by Crippen LogP contribution is -2.26. The minimum atomic E-state index is -0.447. The number of nitrogens with one attached hydrogen (secondary N) is 1. The molecule has 7 heteroatoms. The molecule has 1 aromatic carbocycles. The molecule has 0 fully saturated rings. The Labute approximate surface area is 114 Å². The van der Waals surface area contributed by atoms with E-state index in [-0.39, 0.29) is 31.4 Å². The third-order valence-corrected chi connectivity index (χ3v) is 2.61. The average molecular weight is 278 g/mol. The van der Waals surface area contributed by atoms with Crippen LogP contribution in [-0.2, 0) is 16.0 Å². The number of methoxy groups -OCH3 is 1. The highest BCUT2D eigenvalue weighted by molar-refractivity contribution is 5.97. The molecule has 106 valence electrons. The van der Waals surface area contributed by atoms with Crippen LogP contribution < -0.4 is 5.32 Å². The quantitative estimate of drug-likeness (QED) is 0.761. The number of aliphatic hydroxyl groups excluding tert-OH is 1. The number of oxazole rings is 1. The van der Waals surface area contributed by atoms with Crippen LogP contribution in [0.5, 0.6) is 0 Å². The van der Waals surface area contributed by atoms with Gasteiger partial charge in [0.1, 0.15) is 11.9 Å². The van der Waals surface area contributed by atoms with E-state index >= 15 is 0 Å². The molecule has 2 rings (SSSR count). The molecule has 2 aromatic rings. The van der Waals surface area contributed by atoms with Crippen molar-refractivity contribution in [2.45, 2.75) is 6.42 Å². The van der Waals surface area contributed by atoms with Gasteiger partial charge in [0.25, 0.3) is 5.91 Å². The maximum atomic E-state index is 11.7. The van der Waals surface area contributed by atoms with Gasteiger partial charge in [0.15, 0.2) is 5.58 Å². The van der Waals surface area contributed by atoms with Crippen LogP contribution in [0.25, 0.3) is 11.1 Å². The lowest BCUT2D eigenvalue weighted by molar-refractivity contribution is -0.140. The van der Waals surface area contributed by atoms with E-state index in [1.54, 1.807) is 18.2 Å². The van der Waals surface area contributed by atoms with Crippen molar-refractivity contribution in [3.63, 3.8) is 0 Å². The lowest BCUT2D eigenvalue weighted by Gasteiger charge is -2.02. The van der Waals surface area contributed by atoms with Gasteiger partial charge in [-0.2, -0.15) is 0 Å². The van der Waals surface area contributed by atoms with Gasteiger partial charge in [-0.05, 0) is 18.2 Å². The number of hydrogen-bond donors (Lipinski definition) is 2. The molecule has 0 unspecified atom stereocenters. The van der Waals surface area contributed by atoms with Gasteiger partial charge in [0, 0.05) is 12.1 Å². The first-order chi connectivity index (χ1) is 9.63. The van der Waals surface area contributed by atoms with Crippen molar-refractivity contribution in [2.75, 3.05) is 20.3 Å². The van der Waals surface area contributed by atoms with Crippen molar-refractivity contribution in [3.05, 3.63) is 29.7 Å². The lowest BCUT2D eigenvalue weighted by atomic mass is 10.2. The largest absolute Gasteiger partial charge is 0.469 e. The summed E-state index contributed by atoms with van der Waals surface area (Å²) in [4.78, 5) is 27.0. The Bertz CT molecular complexity index is 635. The standard InChI is InChI=1S/C13H14N2O5/c1-19-12(17)7-11-15-9-6-8(2-3-10(9)20-11)13(18)14-4-5-16/h2-3,6,16H,4-5,7H2,1H3,(H,14,18). The van der Waals surface area contributed by atoms with Crippen LogP contribution >= 0.6 is 0 Å². The zero-order chi connectivity index (χ0) is 14.5. The highest BCUT2D eigenvalue weighted by Gasteiger charge is 2.13. The van der Waals surface area contributed by atoms with Crippen LogP contribution in [0.15, 0.2) is 22.6 Å². The first kappa shape index (κ1) is 14.0. The number of nitrogens with zero attached hydrogens (tertiary/aromatic N) is 1. The molecular formula is C13H14N2O5. The van der Waals surface area contributed by atoms with Crippen molar-refractivity contribution in [2.24, 2.45) is 0 Å². The summed E-state index contributed by atoms with van der Waals surface area (Å²) >= 11 is 0. The van der Waals surface area contributed by atoms with E-state index < -0.39 is 5.97 Å². The molecule has 0 radical (unpaired) electrons. The Morgan fingerprint density at radius 1 is 1.45 bits per heavy atom. The molecule has 7 nitrogen and oxygen atoms in total. The van der Waals surface area contributed by atoms with E-state index in [4.69, 9.17) is 9.52 Å². The number of aliphatic hydroxyl groups is 1. The molecule has 2 N–H and O–H groups in total. The smallest absolute Gasteiger partial charge is 0.314 e. The second kappa shape index (κ2) is 6.16. The van der Waals surface area contributed by atoms with Crippen molar-refractivity contribution < 1.29 is 23.8 Å². The monoisotopic (exact) mass is 278 g/mol. The van der Waals surface area contributed by atoms with Crippen LogP contribution in [0.2, 0.25) is 0 Å². The Balaban J connectivity index is 2.21. The maximum Gasteiger partial charge on any atom is 0.314 e. The Kier molecular flexibility index (Phi) is 4.31. The predicted molar refractivity (Wildman–Crippen MR) is 69.1 cm³/mol. The SMILES string of the molecule is COC(=O)Cc1nc2cc(C(=O)NCCO)ccc2o1. The molecule has 0 atom stereocenters. The summed E-state index contributed by atoms with van der Waals surface area (Å²) in [6.07, 6.45) is -0.0583. The summed E-state index contributed by atoms with van der Waals surface area (Å²) in [7, 11) is 1.29. The fourth-order valence-electron chi connectivity index (χ4n) is 1.66. The fourth-order valence-corrected chi connectivity index (χ4v) is 1.66. The van der Waals surface area contributed by atoms with Gasteiger partial charge in [-0.1, -0.05) is 0 Å². The van der Waals surface area contributed by atoms with Gasteiger partial charge in [0.2, 0.25) is 5.89 Å². The molecule has 0 saturated carbocycles. The maximum absolute atomic E-state index is 11.7. The molecule has 0 spiro atoms. The number of carbonyl (C=O) groups is 2. The number of benzene rings is 1. The molecular weight excluding hydrogens is 264 g/mol. The summed E-state index contributed by atoms with van der Waals surface area (Å²) in [5.74, 6) is -0.518. The Hall–Kier alpha value is -2.41. The zero-order valence-electron chi connectivity index (χ0n) is 10.9.